The molecule has 3 rings (SSSR count). The predicted molar refractivity (Wildman–Crippen MR) is 86.9 cm³/mol. The molecule has 0 saturated carbocycles. The lowest BCUT2D eigenvalue weighted by Crippen LogP contribution is -2.47. The van der Waals surface area contributed by atoms with Gasteiger partial charge in [-0.05, 0) is 38.4 Å². The topological polar surface area (TPSA) is 49.9 Å². The number of nitrogens with zero attached hydrogens (tertiary/aromatic N) is 2. The number of sulfonamides is 1. The number of hydrogen-bond acceptors (Lipinski definition) is 4. The van der Waals surface area contributed by atoms with Crippen LogP contribution in [0.2, 0.25) is 0 Å². The number of fused-ring (bicyclic) bond motifs is 1. The maximum Gasteiger partial charge on any atom is 0.279 e. The minimum atomic E-state index is -3.66. The Bertz CT molecular complexity index is 760. The fraction of sp³-hybridized carbons (Fsp3) is 0.250. The molecule has 0 bridgehead atoms. The third-order valence-corrected chi connectivity index (χ3v) is 5.26. The molecule has 116 valence electrons. The first-order valence-electron chi connectivity index (χ1n) is 7.00. The molecule has 0 aliphatic carbocycles. The minimum Gasteiger partial charge on any atom is -0.469 e. The molecule has 1 atom stereocenters. The second-order valence-electron chi connectivity index (χ2n) is 5.42. The molecule has 0 aromatic heterocycles. The molecule has 0 spiro atoms. The van der Waals surface area contributed by atoms with Crippen LogP contribution in [0.1, 0.15) is 0 Å². The smallest absolute Gasteiger partial charge is 0.279 e. The molecular formula is C16H18N2O3S. The average Bonchev–Trinajstić information content (AvgIpc) is 2.48. The van der Waals surface area contributed by atoms with Gasteiger partial charge in [0.15, 0.2) is 0 Å². The number of rotatable bonds is 3. The second-order valence-corrected chi connectivity index (χ2v) is 7.34. The van der Waals surface area contributed by atoms with E-state index in [0.717, 1.165) is 0 Å². The molecule has 0 radical (unpaired) electrons. The van der Waals surface area contributed by atoms with E-state index in [9.17, 15) is 8.42 Å². The normalized spacial score (nSPS) is 19.6. The Hall–Kier alpha value is -2.05. The van der Waals surface area contributed by atoms with E-state index in [0.29, 0.717) is 23.7 Å². The number of hydrogen-bond donors (Lipinski definition) is 0. The maximum atomic E-state index is 13.0. The summed E-state index contributed by atoms with van der Waals surface area (Å²) in [6.07, 6.45) is 0. The van der Waals surface area contributed by atoms with Gasteiger partial charge in [0.05, 0.1) is 17.9 Å². The standard InChI is InChI=1S/C16H18N2O3S/c1-17(2)12-16-21-15-11-7-6-10-14(15)18(22(16,19)20)13-8-4-3-5-9-13/h3-11,16H,12H2,1-2H3. The van der Waals surface area contributed by atoms with Gasteiger partial charge in [-0.15, -0.1) is 0 Å². The van der Waals surface area contributed by atoms with E-state index in [1.165, 1.54) is 4.31 Å². The van der Waals surface area contributed by atoms with Crippen LogP contribution in [0.3, 0.4) is 0 Å². The van der Waals surface area contributed by atoms with Crippen molar-refractivity contribution in [3.63, 3.8) is 0 Å². The molecule has 2 aromatic carbocycles. The van der Waals surface area contributed by atoms with Crippen LogP contribution in [0.5, 0.6) is 5.75 Å². The Labute approximate surface area is 130 Å². The highest BCUT2D eigenvalue weighted by Crippen LogP contribution is 2.41. The van der Waals surface area contributed by atoms with Crippen molar-refractivity contribution in [3.8, 4) is 5.75 Å². The van der Waals surface area contributed by atoms with Crippen molar-refractivity contribution in [2.45, 2.75) is 5.44 Å². The van der Waals surface area contributed by atoms with Crippen molar-refractivity contribution in [2.75, 3.05) is 24.9 Å². The second kappa shape index (κ2) is 5.62. The molecule has 0 fully saturated rings. The molecule has 5 nitrogen and oxygen atoms in total. The van der Waals surface area contributed by atoms with Crippen LogP contribution in [-0.4, -0.2) is 39.4 Å². The van der Waals surface area contributed by atoms with Crippen LogP contribution in [0, 0.1) is 0 Å². The van der Waals surface area contributed by atoms with E-state index in [4.69, 9.17) is 4.74 Å². The van der Waals surface area contributed by atoms with Gasteiger partial charge in [0.1, 0.15) is 5.75 Å². The molecule has 1 heterocycles. The van der Waals surface area contributed by atoms with Crippen molar-refractivity contribution in [2.24, 2.45) is 0 Å². The van der Waals surface area contributed by atoms with Gasteiger partial charge in [0, 0.05) is 0 Å². The number of likely N-dealkylation sites (N-methyl/N-ethyl adjacent to an activating group) is 1. The first-order chi connectivity index (χ1) is 10.5. The highest BCUT2D eigenvalue weighted by molar-refractivity contribution is 7.93. The molecule has 6 heteroatoms. The SMILES string of the molecule is CN(C)CC1Oc2ccccc2N(c2ccccc2)S1(=O)=O. The first-order valence-corrected chi connectivity index (χ1v) is 8.50. The van der Waals surface area contributed by atoms with Crippen molar-refractivity contribution >= 4 is 21.4 Å². The molecule has 1 aliphatic heterocycles. The summed E-state index contributed by atoms with van der Waals surface area (Å²) in [6.45, 7) is 0.292. The van der Waals surface area contributed by atoms with E-state index in [1.807, 2.05) is 38.4 Å². The summed E-state index contributed by atoms with van der Waals surface area (Å²) >= 11 is 0. The summed E-state index contributed by atoms with van der Waals surface area (Å²) in [5, 5.41) is 0. The lowest BCUT2D eigenvalue weighted by Gasteiger charge is -2.36. The van der Waals surface area contributed by atoms with Crippen molar-refractivity contribution < 1.29 is 13.2 Å². The van der Waals surface area contributed by atoms with E-state index in [2.05, 4.69) is 0 Å². The van der Waals surface area contributed by atoms with Gasteiger partial charge < -0.3 is 9.64 Å². The monoisotopic (exact) mass is 318 g/mol. The summed E-state index contributed by atoms with van der Waals surface area (Å²) < 4.78 is 33.1. The van der Waals surface area contributed by atoms with Crippen LogP contribution < -0.4 is 9.04 Å². The van der Waals surface area contributed by atoms with Gasteiger partial charge in [-0.25, -0.2) is 12.7 Å². The largest absolute Gasteiger partial charge is 0.469 e. The Morgan fingerprint density at radius 3 is 2.36 bits per heavy atom. The van der Waals surface area contributed by atoms with E-state index in [-0.39, 0.29) is 0 Å². The lowest BCUT2D eigenvalue weighted by atomic mass is 10.2. The fourth-order valence-corrected chi connectivity index (χ4v) is 4.25. The van der Waals surface area contributed by atoms with Crippen LogP contribution in [0.15, 0.2) is 54.6 Å². The summed E-state index contributed by atoms with van der Waals surface area (Å²) in [5.41, 5.74) is 0.225. The van der Waals surface area contributed by atoms with Crippen molar-refractivity contribution in [1.82, 2.24) is 4.90 Å². The van der Waals surface area contributed by atoms with Gasteiger partial charge in [-0.2, -0.15) is 0 Å². The molecular weight excluding hydrogens is 300 g/mol. The third-order valence-electron chi connectivity index (χ3n) is 3.43. The van der Waals surface area contributed by atoms with Gasteiger partial charge in [-0.3, -0.25) is 0 Å². The molecule has 1 aliphatic rings. The Morgan fingerprint density at radius 1 is 1.05 bits per heavy atom. The number of para-hydroxylation sites is 3. The molecule has 0 amide bonds. The third kappa shape index (κ3) is 2.55. The Morgan fingerprint density at radius 2 is 1.68 bits per heavy atom. The molecule has 1 unspecified atom stereocenters. The predicted octanol–water partition coefficient (Wildman–Crippen LogP) is 2.43. The van der Waals surface area contributed by atoms with Crippen molar-refractivity contribution in [1.29, 1.82) is 0 Å². The number of benzene rings is 2. The number of anilines is 2. The fourth-order valence-electron chi connectivity index (χ4n) is 2.46. The van der Waals surface area contributed by atoms with Crippen LogP contribution in [-0.2, 0) is 10.0 Å². The molecule has 2 aromatic rings. The maximum absolute atomic E-state index is 13.0. The lowest BCUT2D eigenvalue weighted by molar-refractivity contribution is 0.218. The van der Waals surface area contributed by atoms with E-state index >= 15 is 0 Å². The van der Waals surface area contributed by atoms with E-state index in [1.54, 1.807) is 35.2 Å². The van der Waals surface area contributed by atoms with Crippen LogP contribution in [0.4, 0.5) is 11.4 Å². The molecule has 22 heavy (non-hydrogen) atoms. The number of ether oxygens (including phenoxy) is 1. The summed E-state index contributed by atoms with van der Waals surface area (Å²) in [7, 11) is -0.00513. The molecule has 0 N–H and O–H groups in total. The Kier molecular flexibility index (Phi) is 3.80. The molecule has 0 saturated heterocycles. The zero-order valence-corrected chi connectivity index (χ0v) is 13.3. The first kappa shape index (κ1) is 14.9. The van der Waals surface area contributed by atoms with Crippen LogP contribution in [0.25, 0.3) is 0 Å². The highest BCUT2D eigenvalue weighted by atomic mass is 32.2. The summed E-state index contributed by atoms with van der Waals surface area (Å²) in [5.74, 6) is 0.577. The minimum absolute atomic E-state index is 0.292. The summed E-state index contributed by atoms with van der Waals surface area (Å²) in [4.78, 5) is 1.80. The van der Waals surface area contributed by atoms with Crippen LogP contribution >= 0.6 is 0 Å². The van der Waals surface area contributed by atoms with Gasteiger partial charge in [0.2, 0.25) is 5.44 Å². The van der Waals surface area contributed by atoms with Gasteiger partial charge >= 0.3 is 0 Å². The quantitative estimate of drug-likeness (QED) is 0.872. The van der Waals surface area contributed by atoms with Gasteiger partial charge in [0.25, 0.3) is 10.0 Å². The van der Waals surface area contributed by atoms with E-state index < -0.39 is 15.5 Å². The summed E-state index contributed by atoms with van der Waals surface area (Å²) in [6, 6.07) is 16.3. The van der Waals surface area contributed by atoms with Gasteiger partial charge in [-0.1, -0.05) is 30.3 Å². The Balaban J connectivity index is 2.16. The zero-order chi connectivity index (χ0) is 15.7. The average molecular weight is 318 g/mol. The highest BCUT2D eigenvalue weighted by Gasteiger charge is 2.41. The zero-order valence-electron chi connectivity index (χ0n) is 12.5. The van der Waals surface area contributed by atoms with Crippen molar-refractivity contribution in [3.05, 3.63) is 54.6 Å².